The Morgan fingerprint density at radius 1 is 1.15 bits per heavy atom. The fourth-order valence-electron chi connectivity index (χ4n) is 2.11. The van der Waals surface area contributed by atoms with Crippen LogP contribution in [-0.2, 0) is 4.79 Å². The maximum atomic E-state index is 13.8. The molecule has 0 fully saturated rings. The van der Waals surface area contributed by atoms with Gasteiger partial charge in [0.1, 0.15) is 17.5 Å². The van der Waals surface area contributed by atoms with Crippen molar-refractivity contribution in [1.82, 2.24) is 15.2 Å². The van der Waals surface area contributed by atoms with Crippen LogP contribution in [0.4, 0.5) is 18.9 Å². The Labute approximate surface area is 151 Å². The summed E-state index contributed by atoms with van der Waals surface area (Å²) in [5.74, 6) is -2.17. The van der Waals surface area contributed by atoms with Crippen LogP contribution in [0.25, 0.3) is 11.4 Å². The second-order valence-electron chi connectivity index (χ2n) is 5.32. The van der Waals surface area contributed by atoms with E-state index in [1.54, 1.807) is 25.1 Å². The first kappa shape index (κ1) is 18.0. The third kappa shape index (κ3) is 4.05. The minimum atomic E-state index is -0.739. The lowest BCUT2D eigenvalue weighted by Gasteiger charge is -2.10. The van der Waals surface area contributed by atoms with Crippen LogP contribution in [0.3, 0.4) is 0 Å². The zero-order chi connectivity index (χ0) is 18.7. The first-order chi connectivity index (χ1) is 12.4. The van der Waals surface area contributed by atoms with E-state index in [9.17, 15) is 18.0 Å². The number of hydrogen-bond acceptors (Lipinski definition) is 4. The summed E-state index contributed by atoms with van der Waals surface area (Å²) in [6.07, 6.45) is 0. The number of anilines is 1. The topological polar surface area (TPSA) is 70.7 Å². The van der Waals surface area contributed by atoms with Gasteiger partial charge in [-0.3, -0.25) is 9.89 Å². The monoisotopic (exact) mass is 378 g/mol. The number of halogens is 3. The van der Waals surface area contributed by atoms with E-state index in [4.69, 9.17) is 0 Å². The summed E-state index contributed by atoms with van der Waals surface area (Å²) in [5.41, 5.74) is 0.00951. The number of aromatic amines is 1. The first-order valence-electron chi connectivity index (χ1n) is 7.54. The maximum absolute atomic E-state index is 13.8. The van der Waals surface area contributed by atoms with Gasteiger partial charge in [-0.1, -0.05) is 23.9 Å². The molecule has 26 heavy (non-hydrogen) atoms. The Bertz CT molecular complexity index is 947. The van der Waals surface area contributed by atoms with Gasteiger partial charge in [-0.15, -0.1) is 5.10 Å². The zero-order valence-electron chi connectivity index (χ0n) is 13.5. The van der Waals surface area contributed by atoms with E-state index < -0.39 is 28.6 Å². The lowest BCUT2D eigenvalue weighted by molar-refractivity contribution is -0.115. The van der Waals surface area contributed by atoms with Gasteiger partial charge < -0.3 is 5.32 Å². The number of rotatable bonds is 5. The van der Waals surface area contributed by atoms with Crippen molar-refractivity contribution in [2.45, 2.75) is 17.3 Å². The molecule has 1 atom stereocenters. The summed E-state index contributed by atoms with van der Waals surface area (Å²) in [7, 11) is 0. The van der Waals surface area contributed by atoms with E-state index in [0.29, 0.717) is 0 Å². The van der Waals surface area contributed by atoms with Crippen molar-refractivity contribution < 1.29 is 18.0 Å². The maximum Gasteiger partial charge on any atom is 0.237 e. The summed E-state index contributed by atoms with van der Waals surface area (Å²) in [4.78, 5) is 16.3. The fraction of sp³-hybridized carbons (Fsp3) is 0.118. The van der Waals surface area contributed by atoms with Crippen LogP contribution in [0.2, 0.25) is 0 Å². The number of nitrogens with one attached hydrogen (secondary N) is 2. The molecule has 0 saturated carbocycles. The lowest BCUT2D eigenvalue weighted by Crippen LogP contribution is -2.23. The number of thioether (sulfide) groups is 1. The van der Waals surface area contributed by atoms with E-state index in [-0.39, 0.29) is 22.2 Å². The van der Waals surface area contributed by atoms with Crippen molar-refractivity contribution in [3.05, 3.63) is 59.9 Å². The van der Waals surface area contributed by atoms with Gasteiger partial charge in [0.2, 0.25) is 11.1 Å². The summed E-state index contributed by atoms with van der Waals surface area (Å²) >= 11 is 0.998. The minimum Gasteiger partial charge on any atom is -0.323 e. The molecule has 3 rings (SSSR count). The summed E-state index contributed by atoms with van der Waals surface area (Å²) in [6.45, 7) is 1.57. The predicted molar refractivity (Wildman–Crippen MR) is 92.1 cm³/mol. The molecule has 1 amide bonds. The summed E-state index contributed by atoms with van der Waals surface area (Å²) < 4.78 is 40.5. The molecule has 3 aromatic rings. The fourth-order valence-corrected chi connectivity index (χ4v) is 2.84. The number of hydrogen-bond donors (Lipinski definition) is 2. The van der Waals surface area contributed by atoms with Gasteiger partial charge in [-0.05, 0) is 31.2 Å². The SMILES string of the molecule is CC(Sc1n[nH]c(-c2ccccc2F)n1)C(=O)Nc1cc(F)ccc1F. The Morgan fingerprint density at radius 2 is 1.92 bits per heavy atom. The van der Waals surface area contributed by atoms with Crippen LogP contribution in [0.15, 0.2) is 47.6 Å². The average molecular weight is 378 g/mol. The van der Waals surface area contributed by atoms with Crippen LogP contribution >= 0.6 is 11.8 Å². The number of nitrogens with zero attached hydrogens (tertiary/aromatic N) is 2. The highest BCUT2D eigenvalue weighted by atomic mass is 32.2. The number of aromatic nitrogens is 3. The van der Waals surface area contributed by atoms with Crippen molar-refractivity contribution >= 4 is 23.4 Å². The third-order valence-electron chi connectivity index (χ3n) is 3.43. The van der Waals surface area contributed by atoms with Crippen molar-refractivity contribution in [2.24, 2.45) is 0 Å². The molecule has 5 nitrogen and oxygen atoms in total. The molecule has 0 aliphatic heterocycles. The molecule has 1 heterocycles. The Kier molecular flexibility index (Phi) is 5.27. The van der Waals surface area contributed by atoms with Gasteiger partial charge in [0, 0.05) is 6.07 Å². The number of H-pyrrole nitrogens is 1. The number of amides is 1. The second-order valence-corrected chi connectivity index (χ2v) is 6.63. The van der Waals surface area contributed by atoms with Crippen LogP contribution in [0, 0.1) is 17.5 Å². The standard InChI is InChI=1S/C17H13F3N4OS/c1-9(16(25)21-14-8-10(18)6-7-13(14)20)26-17-22-15(23-24-17)11-4-2-3-5-12(11)19/h2-9H,1H3,(H,21,25)(H,22,23,24). The lowest BCUT2D eigenvalue weighted by atomic mass is 10.2. The molecular weight excluding hydrogens is 365 g/mol. The van der Waals surface area contributed by atoms with Crippen LogP contribution < -0.4 is 5.32 Å². The third-order valence-corrected chi connectivity index (χ3v) is 4.39. The number of carbonyl (C=O) groups excluding carboxylic acids is 1. The van der Waals surface area contributed by atoms with E-state index in [1.165, 1.54) is 6.07 Å². The van der Waals surface area contributed by atoms with Gasteiger partial charge in [0.25, 0.3) is 0 Å². The predicted octanol–water partition coefficient (Wildman–Crippen LogP) is 4.01. The molecule has 0 saturated heterocycles. The quantitative estimate of drug-likeness (QED) is 0.658. The molecule has 0 aliphatic rings. The molecule has 0 aliphatic carbocycles. The molecular formula is C17H13F3N4OS. The smallest absolute Gasteiger partial charge is 0.237 e. The summed E-state index contributed by atoms with van der Waals surface area (Å²) in [6, 6.07) is 8.86. The van der Waals surface area contributed by atoms with Crippen molar-refractivity contribution in [3.8, 4) is 11.4 Å². The highest BCUT2D eigenvalue weighted by Gasteiger charge is 2.19. The van der Waals surface area contributed by atoms with Gasteiger partial charge in [0.15, 0.2) is 5.82 Å². The zero-order valence-corrected chi connectivity index (χ0v) is 14.3. The van der Waals surface area contributed by atoms with Crippen LogP contribution in [0.1, 0.15) is 6.92 Å². The second kappa shape index (κ2) is 7.61. The normalized spacial score (nSPS) is 12.0. The Hall–Kier alpha value is -2.81. The van der Waals surface area contributed by atoms with Crippen molar-refractivity contribution in [2.75, 3.05) is 5.32 Å². The highest BCUT2D eigenvalue weighted by molar-refractivity contribution is 8.00. The molecule has 0 spiro atoms. The average Bonchev–Trinajstić information content (AvgIpc) is 3.06. The largest absolute Gasteiger partial charge is 0.323 e. The van der Waals surface area contributed by atoms with Gasteiger partial charge >= 0.3 is 0 Å². The molecule has 1 aromatic heterocycles. The minimum absolute atomic E-state index is 0.227. The van der Waals surface area contributed by atoms with Crippen molar-refractivity contribution in [1.29, 1.82) is 0 Å². The van der Waals surface area contributed by atoms with Crippen molar-refractivity contribution in [3.63, 3.8) is 0 Å². The first-order valence-corrected chi connectivity index (χ1v) is 8.42. The van der Waals surface area contributed by atoms with E-state index in [0.717, 1.165) is 30.0 Å². The molecule has 9 heteroatoms. The van der Waals surface area contributed by atoms with Crippen LogP contribution in [0.5, 0.6) is 0 Å². The van der Waals surface area contributed by atoms with E-state index in [2.05, 4.69) is 20.5 Å². The van der Waals surface area contributed by atoms with E-state index in [1.807, 2.05) is 0 Å². The molecule has 134 valence electrons. The highest BCUT2D eigenvalue weighted by Crippen LogP contribution is 2.25. The van der Waals surface area contributed by atoms with Gasteiger partial charge in [-0.2, -0.15) is 0 Å². The molecule has 0 bridgehead atoms. The molecule has 0 radical (unpaired) electrons. The Balaban J connectivity index is 1.68. The molecule has 2 aromatic carbocycles. The molecule has 2 N–H and O–H groups in total. The van der Waals surface area contributed by atoms with Crippen LogP contribution in [-0.4, -0.2) is 26.3 Å². The molecule has 1 unspecified atom stereocenters. The van der Waals surface area contributed by atoms with E-state index >= 15 is 0 Å². The summed E-state index contributed by atoms with van der Waals surface area (Å²) in [5, 5.41) is 8.40. The van der Waals surface area contributed by atoms with Gasteiger partial charge in [-0.25, -0.2) is 18.2 Å². The number of benzene rings is 2. The van der Waals surface area contributed by atoms with Gasteiger partial charge in [0.05, 0.1) is 16.5 Å². The number of carbonyl (C=O) groups is 1. The Morgan fingerprint density at radius 3 is 2.69 bits per heavy atom.